The van der Waals surface area contributed by atoms with Gasteiger partial charge in [-0.1, -0.05) is 6.07 Å². The van der Waals surface area contributed by atoms with Crippen LogP contribution in [0.25, 0.3) is 0 Å². The van der Waals surface area contributed by atoms with E-state index >= 15 is 0 Å². The van der Waals surface area contributed by atoms with Gasteiger partial charge in [0.15, 0.2) is 5.03 Å². The minimum Gasteiger partial charge on any atom is -0.395 e. The zero-order valence-corrected chi connectivity index (χ0v) is 16.5. The largest absolute Gasteiger partial charge is 0.395 e. The summed E-state index contributed by atoms with van der Waals surface area (Å²) in [6.07, 6.45) is 6.57. The third kappa shape index (κ3) is 3.91. The van der Waals surface area contributed by atoms with Crippen LogP contribution >= 0.6 is 0 Å². The zero-order chi connectivity index (χ0) is 18.9. The molecule has 0 unspecified atom stereocenters. The molecule has 4 heterocycles. The summed E-state index contributed by atoms with van der Waals surface area (Å²) in [7, 11) is -3.51. The van der Waals surface area contributed by atoms with Crippen LogP contribution in [0.5, 0.6) is 0 Å². The van der Waals surface area contributed by atoms with Crippen LogP contribution < -0.4 is 0 Å². The highest BCUT2D eigenvalue weighted by Gasteiger charge is 2.45. The van der Waals surface area contributed by atoms with Gasteiger partial charge in [-0.05, 0) is 56.2 Å². The molecular weight excluding hydrogens is 366 g/mol. The molecule has 8 heteroatoms. The van der Waals surface area contributed by atoms with E-state index in [-0.39, 0.29) is 29.2 Å². The van der Waals surface area contributed by atoms with E-state index in [0.29, 0.717) is 19.7 Å². The first-order valence-electron chi connectivity index (χ1n) is 9.90. The van der Waals surface area contributed by atoms with Crippen molar-refractivity contribution in [2.45, 2.75) is 49.3 Å². The molecule has 3 aliphatic heterocycles. The topological polar surface area (TPSA) is 83.0 Å². The number of hydrogen-bond acceptors (Lipinski definition) is 6. The van der Waals surface area contributed by atoms with E-state index < -0.39 is 10.0 Å². The number of aliphatic hydroxyl groups is 1. The average Bonchev–Trinajstić information content (AvgIpc) is 3.30. The van der Waals surface area contributed by atoms with E-state index in [0.717, 1.165) is 45.2 Å². The van der Waals surface area contributed by atoms with Crippen molar-refractivity contribution in [1.29, 1.82) is 0 Å². The van der Waals surface area contributed by atoms with Crippen LogP contribution in [-0.2, 0) is 14.8 Å². The zero-order valence-electron chi connectivity index (χ0n) is 15.7. The first kappa shape index (κ1) is 19.3. The summed E-state index contributed by atoms with van der Waals surface area (Å²) in [4.78, 5) is 6.37. The van der Waals surface area contributed by atoms with Crippen molar-refractivity contribution in [2.24, 2.45) is 5.41 Å². The number of aliphatic hydroxyl groups excluding tert-OH is 1. The highest BCUT2D eigenvalue weighted by atomic mass is 32.2. The van der Waals surface area contributed by atoms with E-state index in [1.54, 1.807) is 22.5 Å². The normalized spacial score (nSPS) is 29.5. The Morgan fingerprint density at radius 3 is 2.78 bits per heavy atom. The molecule has 1 aromatic rings. The van der Waals surface area contributed by atoms with Gasteiger partial charge in [0.2, 0.25) is 0 Å². The molecule has 7 nitrogen and oxygen atoms in total. The summed E-state index contributed by atoms with van der Waals surface area (Å²) in [5.41, 5.74) is 0.0925. The molecule has 0 aromatic carbocycles. The standard InChI is InChI=1S/C19H29N3O4S/c23-14-16-4-3-9-21(16)13-17-12-19(15-26-17)6-10-22(11-7-19)27(24,25)18-5-1-2-8-20-18/h1-2,5,8,16-17,23H,3-4,6-7,9-15H2/t16-,17-/m0/s1. The van der Waals surface area contributed by atoms with E-state index in [2.05, 4.69) is 9.88 Å². The predicted octanol–water partition coefficient (Wildman–Crippen LogP) is 1.10. The lowest BCUT2D eigenvalue weighted by Crippen LogP contribution is -2.44. The summed E-state index contributed by atoms with van der Waals surface area (Å²) in [5, 5.41) is 9.63. The molecule has 0 bridgehead atoms. The number of aromatic nitrogens is 1. The molecule has 0 aliphatic carbocycles. The maximum Gasteiger partial charge on any atom is 0.260 e. The second kappa shape index (κ2) is 7.75. The maximum atomic E-state index is 12.8. The molecule has 0 saturated carbocycles. The van der Waals surface area contributed by atoms with Crippen LogP contribution in [0.2, 0.25) is 0 Å². The van der Waals surface area contributed by atoms with Gasteiger partial charge in [0, 0.05) is 31.9 Å². The Balaban J connectivity index is 1.34. The lowest BCUT2D eigenvalue weighted by atomic mass is 9.77. The third-order valence-corrected chi connectivity index (χ3v) is 8.27. The smallest absolute Gasteiger partial charge is 0.260 e. The van der Waals surface area contributed by atoms with Crippen molar-refractivity contribution in [3.63, 3.8) is 0 Å². The number of rotatable bonds is 5. The molecule has 150 valence electrons. The average molecular weight is 396 g/mol. The number of likely N-dealkylation sites (tertiary alicyclic amines) is 1. The SMILES string of the molecule is O=S(=O)(c1ccccn1)N1CCC2(CC1)CO[C@H](CN1CCC[C@H]1CO)C2. The molecule has 3 saturated heterocycles. The number of sulfonamides is 1. The van der Waals surface area contributed by atoms with Crippen LogP contribution in [0.4, 0.5) is 0 Å². The van der Waals surface area contributed by atoms with Crippen molar-refractivity contribution in [2.75, 3.05) is 39.4 Å². The molecule has 3 aliphatic rings. The maximum absolute atomic E-state index is 12.8. The number of piperidine rings is 1. The van der Waals surface area contributed by atoms with Gasteiger partial charge in [-0.25, -0.2) is 13.4 Å². The number of hydrogen-bond donors (Lipinski definition) is 1. The highest BCUT2D eigenvalue weighted by molar-refractivity contribution is 7.89. The molecule has 4 rings (SSSR count). The Morgan fingerprint density at radius 1 is 1.26 bits per heavy atom. The van der Waals surface area contributed by atoms with Crippen LogP contribution in [0, 0.1) is 5.41 Å². The summed E-state index contributed by atoms with van der Waals surface area (Å²) in [6, 6.07) is 5.26. The summed E-state index contributed by atoms with van der Waals surface area (Å²) < 4.78 is 33.2. The first-order valence-corrected chi connectivity index (χ1v) is 11.3. The van der Waals surface area contributed by atoms with E-state index in [9.17, 15) is 13.5 Å². The lowest BCUT2D eigenvalue weighted by Gasteiger charge is -2.37. The minimum atomic E-state index is -3.51. The van der Waals surface area contributed by atoms with Gasteiger partial charge in [-0.3, -0.25) is 4.90 Å². The van der Waals surface area contributed by atoms with Gasteiger partial charge in [-0.2, -0.15) is 4.31 Å². The first-order chi connectivity index (χ1) is 13.0. The molecule has 0 amide bonds. The molecule has 0 radical (unpaired) electrons. The van der Waals surface area contributed by atoms with Gasteiger partial charge in [0.05, 0.1) is 19.3 Å². The monoisotopic (exact) mass is 395 g/mol. The van der Waals surface area contributed by atoms with Crippen molar-refractivity contribution in [3.8, 4) is 0 Å². The van der Waals surface area contributed by atoms with Gasteiger partial charge >= 0.3 is 0 Å². The molecule has 2 atom stereocenters. The van der Waals surface area contributed by atoms with Gasteiger partial charge in [0.25, 0.3) is 10.0 Å². The van der Waals surface area contributed by atoms with Crippen LogP contribution in [0.1, 0.15) is 32.1 Å². The van der Waals surface area contributed by atoms with Crippen LogP contribution in [0.3, 0.4) is 0 Å². The van der Waals surface area contributed by atoms with Crippen molar-refractivity contribution in [1.82, 2.24) is 14.2 Å². The molecule has 3 fully saturated rings. The van der Waals surface area contributed by atoms with E-state index in [1.807, 2.05) is 0 Å². The summed E-state index contributed by atoms with van der Waals surface area (Å²) in [5.74, 6) is 0. The predicted molar refractivity (Wildman–Crippen MR) is 101 cm³/mol. The molecule has 1 spiro atoms. The fourth-order valence-electron chi connectivity index (χ4n) is 4.80. The Labute approximate surface area is 161 Å². The van der Waals surface area contributed by atoms with Crippen LogP contribution in [-0.4, -0.2) is 79.3 Å². The van der Waals surface area contributed by atoms with Gasteiger partial charge in [-0.15, -0.1) is 0 Å². The Morgan fingerprint density at radius 2 is 2.07 bits per heavy atom. The lowest BCUT2D eigenvalue weighted by molar-refractivity contribution is 0.0480. The summed E-state index contributed by atoms with van der Waals surface area (Å²) >= 11 is 0. The Hall–Kier alpha value is -1.06. The second-order valence-electron chi connectivity index (χ2n) is 8.18. The van der Waals surface area contributed by atoms with Crippen molar-refractivity contribution in [3.05, 3.63) is 24.4 Å². The molecular formula is C19H29N3O4S. The minimum absolute atomic E-state index is 0.0925. The fraction of sp³-hybridized carbons (Fsp3) is 0.737. The fourth-order valence-corrected chi connectivity index (χ4v) is 6.17. The molecule has 27 heavy (non-hydrogen) atoms. The number of ether oxygens (including phenoxy) is 1. The number of nitrogens with zero attached hydrogens (tertiary/aromatic N) is 3. The quantitative estimate of drug-likeness (QED) is 0.804. The third-order valence-electron chi connectivity index (χ3n) is 6.46. The van der Waals surface area contributed by atoms with E-state index in [4.69, 9.17) is 4.74 Å². The van der Waals surface area contributed by atoms with Gasteiger partial charge in [0.1, 0.15) is 0 Å². The molecule has 1 N–H and O–H groups in total. The highest BCUT2D eigenvalue weighted by Crippen LogP contribution is 2.43. The van der Waals surface area contributed by atoms with E-state index in [1.165, 1.54) is 6.20 Å². The second-order valence-corrected chi connectivity index (χ2v) is 10.1. The van der Waals surface area contributed by atoms with Crippen molar-refractivity contribution < 1.29 is 18.3 Å². The molecule has 1 aromatic heterocycles. The number of pyridine rings is 1. The Kier molecular flexibility index (Phi) is 5.53. The van der Waals surface area contributed by atoms with Crippen molar-refractivity contribution >= 4 is 10.0 Å². The van der Waals surface area contributed by atoms with Crippen LogP contribution in [0.15, 0.2) is 29.4 Å². The Bertz CT molecular complexity index is 735. The van der Waals surface area contributed by atoms with Gasteiger partial charge < -0.3 is 9.84 Å². The summed E-state index contributed by atoms with van der Waals surface area (Å²) in [6.45, 7) is 3.90.